The third-order valence-electron chi connectivity index (χ3n) is 5.69. The van der Waals surface area contributed by atoms with Crippen LogP contribution in [-0.4, -0.2) is 24.0 Å². The number of benzene rings is 2. The second kappa shape index (κ2) is 8.13. The van der Waals surface area contributed by atoms with Crippen molar-refractivity contribution in [3.8, 4) is 5.75 Å². The number of fused-ring (bicyclic) bond motifs is 3. The predicted molar refractivity (Wildman–Crippen MR) is 120 cm³/mol. The van der Waals surface area contributed by atoms with Crippen molar-refractivity contribution in [2.45, 2.75) is 32.6 Å². The second-order valence-corrected chi connectivity index (χ2v) is 8.81. The summed E-state index contributed by atoms with van der Waals surface area (Å²) in [5.74, 6) is 0.866. The maximum atomic E-state index is 13.0. The summed E-state index contributed by atoms with van der Waals surface area (Å²) >= 11 is 1.73. The molecule has 2 aromatic carbocycles. The summed E-state index contributed by atoms with van der Waals surface area (Å²) in [7, 11) is 0. The molecule has 154 valence electrons. The van der Waals surface area contributed by atoms with E-state index in [-0.39, 0.29) is 12.1 Å². The molecular weight excluding hydrogens is 394 g/mol. The van der Waals surface area contributed by atoms with Gasteiger partial charge in [0, 0.05) is 24.5 Å². The molecule has 3 heterocycles. The number of hydrogen-bond donors (Lipinski definition) is 2. The summed E-state index contributed by atoms with van der Waals surface area (Å²) < 4.78 is 5.52. The van der Waals surface area contributed by atoms with Crippen LogP contribution in [0.15, 0.2) is 54.6 Å². The van der Waals surface area contributed by atoms with Crippen molar-refractivity contribution < 1.29 is 9.53 Å². The van der Waals surface area contributed by atoms with Crippen molar-refractivity contribution >= 4 is 22.2 Å². The lowest BCUT2D eigenvalue weighted by Crippen LogP contribution is -2.38. The van der Waals surface area contributed by atoms with Gasteiger partial charge in [0.2, 0.25) is 0 Å². The lowest BCUT2D eigenvalue weighted by Gasteiger charge is -2.28. The monoisotopic (exact) mass is 419 g/mol. The lowest BCUT2D eigenvalue weighted by molar-refractivity contribution is 0.0934. The minimum Gasteiger partial charge on any atom is -0.494 e. The highest BCUT2D eigenvalue weighted by molar-refractivity contribution is 7.16. The van der Waals surface area contributed by atoms with Crippen LogP contribution in [0.1, 0.15) is 45.0 Å². The molecule has 0 spiro atoms. The van der Waals surface area contributed by atoms with Gasteiger partial charge in [0.25, 0.3) is 5.91 Å². The SMILES string of the molecule is CCOc1ccc([C@@H]2NC(=O)c3c(sc4c3CCN(Cc3ccccc3)C4)N2)cc1. The molecule has 2 aliphatic rings. The Morgan fingerprint density at radius 3 is 2.67 bits per heavy atom. The summed E-state index contributed by atoms with van der Waals surface area (Å²) in [5.41, 5.74) is 4.41. The standard InChI is InChI=1S/C24H25N3O2S/c1-2-29-18-10-8-17(9-11-18)22-25-23(28)21-19-12-13-27(14-16-6-4-3-5-7-16)15-20(19)30-24(21)26-22/h3-11,22,26H,2,12-15H2,1H3,(H,25,28)/t22-/m1/s1. The van der Waals surface area contributed by atoms with E-state index in [1.165, 1.54) is 16.0 Å². The van der Waals surface area contributed by atoms with Crippen LogP contribution in [-0.2, 0) is 19.5 Å². The molecule has 0 saturated heterocycles. The van der Waals surface area contributed by atoms with Crippen LogP contribution in [0.3, 0.4) is 0 Å². The van der Waals surface area contributed by atoms with Gasteiger partial charge in [-0.3, -0.25) is 9.69 Å². The molecule has 0 radical (unpaired) electrons. The molecule has 6 heteroatoms. The van der Waals surface area contributed by atoms with Gasteiger partial charge in [0.1, 0.15) is 16.9 Å². The molecule has 0 unspecified atom stereocenters. The van der Waals surface area contributed by atoms with Gasteiger partial charge in [-0.25, -0.2) is 0 Å². The minimum atomic E-state index is -0.221. The summed E-state index contributed by atoms with van der Waals surface area (Å²) in [6.45, 7) is 5.42. The van der Waals surface area contributed by atoms with E-state index in [0.717, 1.165) is 47.9 Å². The first-order valence-corrected chi connectivity index (χ1v) is 11.2. The zero-order valence-electron chi connectivity index (χ0n) is 17.0. The fourth-order valence-electron chi connectivity index (χ4n) is 4.24. The molecule has 0 saturated carbocycles. The normalized spacial score (nSPS) is 18.2. The molecule has 30 heavy (non-hydrogen) atoms. The van der Waals surface area contributed by atoms with Crippen LogP contribution < -0.4 is 15.4 Å². The first kappa shape index (κ1) is 19.2. The van der Waals surface area contributed by atoms with Gasteiger partial charge in [-0.1, -0.05) is 42.5 Å². The second-order valence-electron chi connectivity index (χ2n) is 7.71. The van der Waals surface area contributed by atoms with Crippen molar-refractivity contribution in [2.75, 3.05) is 18.5 Å². The van der Waals surface area contributed by atoms with E-state index in [0.29, 0.717) is 6.61 Å². The number of rotatable bonds is 5. The fraction of sp³-hybridized carbons (Fsp3) is 0.292. The Labute approximate surface area is 180 Å². The van der Waals surface area contributed by atoms with Crippen LogP contribution in [0.2, 0.25) is 0 Å². The van der Waals surface area contributed by atoms with Gasteiger partial charge < -0.3 is 15.4 Å². The number of nitrogens with one attached hydrogen (secondary N) is 2. The lowest BCUT2D eigenvalue weighted by atomic mass is 10.00. The number of nitrogens with zero attached hydrogens (tertiary/aromatic N) is 1. The molecule has 0 aliphatic carbocycles. The van der Waals surface area contributed by atoms with Crippen molar-refractivity contribution in [1.29, 1.82) is 0 Å². The number of carbonyl (C=O) groups is 1. The molecule has 5 rings (SSSR count). The Kier molecular flexibility index (Phi) is 5.19. The highest BCUT2D eigenvalue weighted by atomic mass is 32.1. The van der Waals surface area contributed by atoms with Crippen LogP contribution >= 0.6 is 11.3 Å². The Bertz CT molecular complexity index is 1050. The van der Waals surface area contributed by atoms with Crippen molar-refractivity contribution in [2.24, 2.45) is 0 Å². The Hall–Kier alpha value is -2.83. The smallest absolute Gasteiger partial charge is 0.256 e. The molecule has 0 fully saturated rings. The number of ether oxygens (including phenoxy) is 1. The first-order valence-electron chi connectivity index (χ1n) is 10.4. The van der Waals surface area contributed by atoms with Crippen LogP contribution in [0, 0.1) is 0 Å². The van der Waals surface area contributed by atoms with Gasteiger partial charge in [0.15, 0.2) is 0 Å². The van der Waals surface area contributed by atoms with Crippen molar-refractivity contribution in [3.63, 3.8) is 0 Å². The number of hydrogen-bond acceptors (Lipinski definition) is 5. The van der Waals surface area contributed by atoms with E-state index >= 15 is 0 Å². The summed E-state index contributed by atoms with van der Waals surface area (Å²) in [6, 6.07) is 18.5. The zero-order chi connectivity index (χ0) is 20.5. The fourth-order valence-corrected chi connectivity index (χ4v) is 5.55. The average Bonchev–Trinajstić information content (AvgIpc) is 3.13. The number of anilines is 1. The molecule has 0 bridgehead atoms. The molecule has 2 N–H and O–H groups in total. The van der Waals surface area contributed by atoms with Crippen LogP contribution in [0.4, 0.5) is 5.00 Å². The molecule has 2 aliphatic heterocycles. The van der Waals surface area contributed by atoms with Gasteiger partial charge in [-0.2, -0.15) is 0 Å². The maximum Gasteiger partial charge on any atom is 0.256 e. The molecule has 1 aromatic heterocycles. The first-order chi connectivity index (χ1) is 14.7. The van der Waals surface area contributed by atoms with Gasteiger partial charge in [0.05, 0.1) is 12.2 Å². The highest BCUT2D eigenvalue weighted by Gasteiger charge is 2.33. The summed E-state index contributed by atoms with van der Waals surface area (Å²) in [5, 5.41) is 7.66. The third-order valence-corrected chi connectivity index (χ3v) is 6.84. The van der Waals surface area contributed by atoms with E-state index in [4.69, 9.17) is 4.74 Å². The predicted octanol–water partition coefficient (Wildman–Crippen LogP) is 4.56. The van der Waals surface area contributed by atoms with Crippen molar-refractivity contribution in [1.82, 2.24) is 10.2 Å². The Balaban J connectivity index is 1.34. The Morgan fingerprint density at radius 1 is 1.10 bits per heavy atom. The summed E-state index contributed by atoms with van der Waals surface area (Å²) in [4.78, 5) is 16.7. The van der Waals surface area contributed by atoms with E-state index in [1.54, 1.807) is 11.3 Å². The summed E-state index contributed by atoms with van der Waals surface area (Å²) in [6.07, 6.45) is 0.692. The van der Waals surface area contributed by atoms with Crippen molar-refractivity contribution in [3.05, 3.63) is 81.7 Å². The van der Waals surface area contributed by atoms with E-state index in [2.05, 4.69) is 45.9 Å². The molecule has 1 amide bonds. The van der Waals surface area contributed by atoms with Gasteiger partial charge in [-0.15, -0.1) is 11.3 Å². The largest absolute Gasteiger partial charge is 0.494 e. The van der Waals surface area contributed by atoms with E-state index in [9.17, 15) is 4.79 Å². The molecular formula is C24H25N3O2S. The number of amides is 1. The molecule has 3 aromatic rings. The quantitative estimate of drug-likeness (QED) is 0.637. The van der Waals surface area contributed by atoms with E-state index < -0.39 is 0 Å². The maximum absolute atomic E-state index is 13.0. The molecule has 5 nitrogen and oxygen atoms in total. The number of thiophene rings is 1. The third kappa shape index (κ3) is 3.68. The van der Waals surface area contributed by atoms with Gasteiger partial charge >= 0.3 is 0 Å². The topological polar surface area (TPSA) is 53.6 Å². The van der Waals surface area contributed by atoms with E-state index in [1.807, 2.05) is 31.2 Å². The van der Waals surface area contributed by atoms with Crippen LogP contribution in [0.5, 0.6) is 5.75 Å². The van der Waals surface area contributed by atoms with Gasteiger partial charge in [-0.05, 0) is 42.2 Å². The zero-order valence-corrected chi connectivity index (χ0v) is 17.8. The average molecular weight is 420 g/mol. The van der Waals surface area contributed by atoms with Crippen LogP contribution in [0.25, 0.3) is 0 Å². The minimum absolute atomic E-state index is 0.0247. The Morgan fingerprint density at radius 2 is 1.90 bits per heavy atom. The highest BCUT2D eigenvalue weighted by Crippen LogP contribution is 2.41. The number of carbonyl (C=O) groups excluding carboxylic acids is 1. The molecule has 1 atom stereocenters.